The first-order valence-corrected chi connectivity index (χ1v) is 7.31. The van der Waals surface area contributed by atoms with E-state index in [-0.39, 0.29) is 21.9 Å². The van der Waals surface area contributed by atoms with E-state index < -0.39 is 34.3 Å². The topological polar surface area (TPSA) is 135 Å². The van der Waals surface area contributed by atoms with Crippen molar-refractivity contribution in [3.05, 3.63) is 68.4 Å². The van der Waals surface area contributed by atoms with Crippen LogP contribution in [0.3, 0.4) is 0 Å². The van der Waals surface area contributed by atoms with Crippen molar-refractivity contribution in [3.8, 4) is 0 Å². The number of hydrogen-bond acceptors (Lipinski definition) is 6. The maximum atomic E-state index is 12.0. The van der Waals surface area contributed by atoms with Gasteiger partial charge in [-0.2, -0.15) is 0 Å². The smallest absolute Gasteiger partial charge is 0.351 e. The Morgan fingerprint density at radius 2 is 1.08 bits per heavy atom. The van der Waals surface area contributed by atoms with E-state index in [1.165, 1.54) is 0 Å². The second kappa shape index (κ2) is 5.28. The molecule has 0 aliphatic carbocycles. The van der Waals surface area contributed by atoms with E-state index in [2.05, 4.69) is 0 Å². The van der Waals surface area contributed by atoms with Gasteiger partial charge in [0.15, 0.2) is 11.2 Å². The van der Waals surface area contributed by atoms with Crippen molar-refractivity contribution in [2.24, 2.45) is 0 Å². The van der Waals surface area contributed by atoms with Crippen LogP contribution < -0.4 is 11.3 Å². The van der Waals surface area contributed by atoms with Gasteiger partial charge in [0.25, 0.3) is 0 Å². The number of carboxylic acid groups (broad SMARTS) is 2. The van der Waals surface area contributed by atoms with Gasteiger partial charge in [0.2, 0.25) is 0 Å². The summed E-state index contributed by atoms with van der Waals surface area (Å²) in [6.07, 6.45) is 0. The summed E-state index contributed by atoms with van der Waals surface area (Å²) in [6, 6.07) is 9.00. The Kier molecular flexibility index (Phi) is 3.16. The predicted octanol–water partition coefficient (Wildman–Crippen LogP) is 2.45. The van der Waals surface area contributed by atoms with Crippen LogP contribution in [0.2, 0.25) is 0 Å². The first-order chi connectivity index (χ1) is 12.4. The van der Waals surface area contributed by atoms with Crippen LogP contribution in [0.25, 0.3) is 32.7 Å². The van der Waals surface area contributed by atoms with Crippen LogP contribution in [0, 0.1) is 0 Å². The number of aromatic carboxylic acids is 2. The molecular formula is C18H8O8. The zero-order valence-corrected chi connectivity index (χ0v) is 12.8. The van der Waals surface area contributed by atoms with Crippen molar-refractivity contribution in [1.29, 1.82) is 0 Å². The van der Waals surface area contributed by atoms with Crippen molar-refractivity contribution >= 4 is 44.6 Å². The van der Waals surface area contributed by atoms with E-state index in [1.807, 2.05) is 0 Å². The van der Waals surface area contributed by atoms with Gasteiger partial charge in [-0.1, -0.05) is 24.3 Å². The molecular weight excluding hydrogens is 344 g/mol. The molecule has 0 bridgehead atoms. The van der Waals surface area contributed by atoms with Crippen LogP contribution in [0.4, 0.5) is 0 Å². The highest BCUT2D eigenvalue weighted by atomic mass is 16.4. The number of carboxylic acids is 2. The molecule has 0 unspecified atom stereocenters. The second-order valence-corrected chi connectivity index (χ2v) is 5.54. The van der Waals surface area contributed by atoms with Gasteiger partial charge in [-0.25, -0.2) is 19.2 Å². The summed E-state index contributed by atoms with van der Waals surface area (Å²) < 4.78 is 10.2. The second-order valence-electron chi connectivity index (χ2n) is 5.54. The largest absolute Gasteiger partial charge is 0.477 e. The Balaban J connectivity index is 2.35. The van der Waals surface area contributed by atoms with Gasteiger partial charge in [0.1, 0.15) is 11.1 Å². The fourth-order valence-corrected chi connectivity index (χ4v) is 2.93. The average Bonchev–Trinajstić information content (AvgIpc) is 2.60. The predicted molar refractivity (Wildman–Crippen MR) is 90.0 cm³/mol. The zero-order chi connectivity index (χ0) is 18.6. The first kappa shape index (κ1) is 15.6. The molecule has 8 nitrogen and oxygen atoms in total. The Morgan fingerprint density at radius 1 is 0.692 bits per heavy atom. The van der Waals surface area contributed by atoms with E-state index in [1.54, 1.807) is 24.3 Å². The van der Waals surface area contributed by atoms with Crippen molar-refractivity contribution in [1.82, 2.24) is 0 Å². The fourth-order valence-electron chi connectivity index (χ4n) is 2.93. The lowest BCUT2D eigenvalue weighted by molar-refractivity contribution is 0.0681. The Morgan fingerprint density at radius 3 is 1.42 bits per heavy atom. The van der Waals surface area contributed by atoms with E-state index >= 15 is 0 Å². The van der Waals surface area contributed by atoms with Gasteiger partial charge >= 0.3 is 23.2 Å². The SMILES string of the molecule is O=C(O)c1cc2c3ccccc3c3cc(C(=O)O)c(=O)oc3c2oc1=O. The van der Waals surface area contributed by atoms with Crippen molar-refractivity contribution < 1.29 is 28.6 Å². The third kappa shape index (κ3) is 2.09. The number of hydrogen-bond donors (Lipinski definition) is 2. The summed E-state index contributed by atoms with van der Waals surface area (Å²) in [5, 5.41) is 19.9. The van der Waals surface area contributed by atoms with E-state index in [0.29, 0.717) is 10.8 Å². The summed E-state index contributed by atoms with van der Waals surface area (Å²) in [6.45, 7) is 0. The molecule has 2 aromatic heterocycles. The molecule has 0 amide bonds. The number of benzene rings is 2. The fraction of sp³-hybridized carbons (Fsp3) is 0. The third-order valence-electron chi connectivity index (χ3n) is 4.07. The molecule has 0 saturated carbocycles. The molecule has 2 heterocycles. The molecule has 0 fully saturated rings. The van der Waals surface area contributed by atoms with Crippen molar-refractivity contribution in [2.45, 2.75) is 0 Å². The molecule has 2 aromatic carbocycles. The van der Waals surface area contributed by atoms with Crippen LogP contribution in [0.1, 0.15) is 20.7 Å². The minimum absolute atomic E-state index is 0.122. The Hall–Kier alpha value is -3.94. The molecule has 0 atom stereocenters. The van der Waals surface area contributed by atoms with Gasteiger partial charge < -0.3 is 19.0 Å². The molecule has 26 heavy (non-hydrogen) atoms. The van der Waals surface area contributed by atoms with Crippen LogP contribution in [-0.2, 0) is 0 Å². The van der Waals surface area contributed by atoms with Crippen LogP contribution >= 0.6 is 0 Å². The lowest BCUT2D eigenvalue weighted by Crippen LogP contribution is -2.14. The maximum Gasteiger partial charge on any atom is 0.351 e. The number of rotatable bonds is 2. The van der Waals surface area contributed by atoms with E-state index in [9.17, 15) is 19.2 Å². The summed E-state index contributed by atoms with van der Waals surface area (Å²) in [5.74, 6) is -2.90. The van der Waals surface area contributed by atoms with Gasteiger partial charge in [0.05, 0.1) is 0 Å². The zero-order valence-electron chi connectivity index (χ0n) is 12.8. The molecule has 0 saturated heterocycles. The monoisotopic (exact) mass is 352 g/mol. The van der Waals surface area contributed by atoms with Crippen LogP contribution in [0.5, 0.6) is 0 Å². The summed E-state index contributed by atoms with van der Waals surface area (Å²) in [7, 11) is 0. The van der Waals surface area contributed by atoms with Gasteiger partial charge in [0, 0.05) is 10.8 Å². The van der Waals surface area contributed by atoms with E-state index in [4.69, 9.17) is 19.0 Å². The summed E-state index contributed by atoms with van der Waals surface area (Å²) >= 11 is 0. The standard InChI is InChI=1S/C18H8O8/c19-15(20)11-5-9-7-3-1-2-4-8(7)10-6-12(16(21)22)18(24)26-14(10)13(9)25-17(11)23/h1-6H,(H,19,20)(H,21,22). The Labute approximate surface area is 142 Å². The number of fused-ring (bicyclic) bond motifs is 6. The van der Waals surface area contributed by atoms with Gasteiger partial charge in [-0.3, -0.25) is 0 Å². The van der Waals surface area contributed by atoms with Crippen LogP contribution in [0.15, 0.2) is 54.8 Å². The minimum Gasteiger partial charge on any atom is -0.477 e. The highest BCUT2D eigenvalue weighted by Gasteiger charge is 2.21. The lowest BCUT2D eigenvalue weighted by atomic mass is 9.99. The Bertz CT molecular complexity index is 1270. The molecule has 128 valence electrons. The van der Waals surface area contributed by atoms with Crippen molar-refractivity contribution in [2.75, 3.05) is 0 Å². The number of carbonyl (C=O) groups is 2. The van der Waals surface area contributed by atoms with Gasteiger partial charge in [-0.15, -0.1) is 0 Å². The molecule has 0 radical (unpaired) electrons. The normalized spacial score (nSPS) is 11.2. The minimum atomic E-state index is -1.45. The first-order valence-electron chi connectivity index (χ1n) is 7.31. The maximum absolute atomic E-state index is 12.0. The summed E-state index contributed by atoms with van der Waals surface area (Å²) in [4.78, 5) is 46.4. The highest BCUT2D eigenvalue weighted by Crippen LogP contribution is 2.34. The van der Waals surface area contributed by atoms with Gasteiger partial charge in [-0.05, 0) is 22.9 Å². The summed E-state index contributed by atoms with van der Waals surface area (Å²) in [5.41, 5.74) is -3.58. The molecule has 0 aliphatic rings. The quantitative estimate of drug-likeness (QED) is 0.415. The van der Waals surface area contributed by atoms with E-state index in [0.717, 1.165) is 12.1 Å². The molecule has 2 N–H and O–H groups in total. The van der Waals surface area contributed by atoms with Crippen molar-refractivity contribution in [3.63, 3.8) is 0 Å². The molecule has 4 rings (SSSR count). The molecule has 8 heteroatoms. The lowest BCUT2D eigenvalue weighted by Gasteiger charge is -2.08. The highest BCUT2D eigenvalue weighted by molar-refractivity contribution is 6.22. The molecule has 0 aliphatic heterocycles. The average molecular weight is 352 g/mol. The third-order valence-corrected chi connectivity index (χ3v) is 4.07. The molecule has 0 spiro atoms. The molecule has 4 aromatic rings. The van der Waals surface area contributed by atoms with Crippen LogP contribution in [-0.4, -0.2) is 22.2 Å².